The highest BCUT2D eigenvalue weighted by molar-refractivity contribution is 5.16. The van der Waals surface area contributed by atoms with Gasteiger partial charge >= 0.3 is 0 Å². The Morgan fingerprint density at radius 3 is 2.86 bits per heavy atom. The molecule has 0 radical (unpaired) electrons. The average Bonchev–Trinajstić information content (AvgIpc) is 3.02. The summed E-state index contributed by atoms with van der Waals surface area (Å²) in [4.78, 5) is 2.52. The summed E-state index contributed by atoms with van der Waals surface area (Å²) in [6.45, 7) is 5.19. The van der Waals surface area contributed by atoms with E-state index < -0.39 is 0 Å². The molecule has 0 bridgehead atoms. The molecule has 2 atom stereocenters. The van der Waals surface area contributed by atoms with E-state index >= 15 is 0 Å². The molecular weight excluding hydrogens is 262 g/mol. The molecule has 1 aromatic heterocycles. The normalized spacial score (nSPS) is 23.3. The fraction of sp³-hybridized carbons (Fsp3) is 0.471. The number of piperazine rings is 1. The standard InChI is InChI=1S/C17H23N3O/c1-2-16-11-18-15(10-14-6-4-3-5-7-14)12-20(16)13-17-8-9-19-21-17/h3-9,15-16,18H,2,10-13H2,1H3. The van der Waals surface area contributed by atoms with E-state index in [4.69, 9.17) is 4.52 Å². The number of hydrogen-bond donors (Lipinski definition) is 1. The van der Waals surface area contributed by atoms with E-state index in [0.29, 0.717) is 12.1 Å². The third-order valence-corrected chi connectivity index (χ3v) is 4.26. The third kappa shape index (κ3) is 3.71. The zero-order valence-electron chi connectivity index (χ0n) is 12.5. The summed E-state index contributed by atoms with van der Waals surface area (Å²) in [5.41, 5.74) is 1.39. The van der Waals surface area contributed by atoms with Gasteiger partial charge < -0.3 is 9.84 Å². The molecule has 21 heavy (non-hydrogen) atoms. The Kier molecular flexibility index (Phi) is 4.68. The maximum Gasteiger partial charge on any atom is 0.150 e. The minimum atomic E-state index is 0.498. The number of nitrogens with zero attached hydrogens (tertiary/aromatic N) is 2. The summed E-state index contributed by atoms with van der Waals surface area (Å²) in [5, 5.41) is 7.50. The van der Waals surface area contributed by atoms with Gasteiger partial charge in [-0.1, -0.05) is 42.4 Å². The Morgan fingerprint density at radius 2 is 2.14 bits per heavy atom. The second-order valence-electron chi connectivity index (χ2n) is 5.77. The molecule has 1 aliphatic heterocycles. The van der Waals surface area contributed by atoms with Crippen LogP contribution in [0.3, 0.4) is 0 Å². The zero-order chi connectivity index (χ0) is 14.5. The van der Waals surface area contributed by atoms with Crippen molar-refractivity contribution in [2.75, 3.05) is 13.1 Å². The first-order valence-electron chi connectivity index (χ1n) is 7.76. The highest BCUT2D eigenvalue weighted by atomic mass is 16.5. The van der Waals surface area contributed by atoms with E-state index in [1.165, 1.54) is 5.56 Å². The van der Waals surface area contributed by atoms with Gasteiger partial charge in [-0.2, -0.15) is 0 Å². The van der Waals surface area contributed by atoms with Gasteiger partial charge in [0.25, 0.3) is 0 Å². The van der Waals surface area contributed by atoms with Crippen LogP contribution >= 0.6 is 0 Å². The van der Waals surface area contributed by atoms with Crippen LogP contribution in [0, 0.1) is 0 Å². The molecule has 1 N–H and O–H groups in total. The fourth-order valence-electron chi connectivity index (χ4n) is 3.08. The van der Waals surface area contributed by atoms with Gasteiger partial charge in [0.2, 0.25) is 0 Å². The molecule has 0 amide bonds. The van der Waals surface area contributed by atoms with E-state index in [9.17, 15) is 0 Å². The van der Waals surface area contributed by atoms with Crippen LogP contribution in [0.15, 0.2) is 47.1 Å². The minimum Gasteiger partial charge on any atom is -0.360 e. The molecule has 2 unspecified atom stereocenters. The maximum absolute atomic E-state index is 5.27. The van der Waals surface area contributed by atoms with Crippen LogP contribution < -0.4 is 5.32 Å². The van der Waals surface area contributed by atoms with Gasteiger partial charge in [0.15, 0.2) is 5.76 Å². The van der Waals surface area contributed by atoms with Crippen LogP contribution in [0.25, 0.3) is 0 Å². The number of hydrogen-bond acceptors (Lipinski definition) is 4. The largest absolute Gasteiger partial charge is 0.360 e. The summed E-state index contributed by atoms with van der Waals surface area (Å²) >= 11 is 0. The van der Waals surface area contributed by atoms with Crippen molar-refractivity contribution in [3.63, 3.8) is 0 Å². The van der Waals surface area contributed by atoms with Crippen LogP contribution in [-0.4, -0.2) is 35.2 Å². The van der Waals surface area contributed by atoms with Crippen LogP contribution in [0.5, 0.6) is 0 Å². The van der Waals surface area contributed by atoms with Crippen molar-refractivity contribution in [1.29, 1.82) is 0 Å². The Bertz CT molecular complexity index is 526. The smallest absolute Gasteiger partial charge is 0.150 e. The molecule has 2 heterocycles. The third-order valence-electron chi connectivity index (χ3n) is 4.26. The lowest BCUT2D eigenvalue weighted by Gasteiger charge is -2.39. The van der Waals surface area contributed by atoms with Crippen LogP contribution in [-0.2, 0) is 13.0 Å². The monoisotopic (exact) mass is 285 g/mol. The quantitative estimate of drug-likeness (QED) is 0.916. The predicted octanol–water partition coefficient (Wildman–Crippen LogP) is 2.47. The van der Waals surface area contributed by atoms with Gasteiger partial charge in [0, 0.05) is 31.2 Å². The lowest BCUT2D eigenvalue weighted by molar-refractivity contribution is 0.107. The Balaban J connectivity index is 1.63. The Hall–Kier alpha value is -1.65. The molecule has 0 spiro atoms. The van der Waals surface area contributed by atoms with Gasteiger partial charge in [-0.25, -0.2) is 0 Å². The molecule has 4 nitrogen and oxygen atoms in total. The van der Waals surface area contributed by atoms with Crippen LogP contribution in [0.1, 0.15) is 24.7 Å². The van der Waals surface area contributed by atoms with Crippen molar-refractivity contribution in [2.24, 2.45) is 0 Å². The molecule has 3 rings (SSSR count). The minimum absolute atomic E-state index is 0.498. The van der Waals surface area contributed by atoms with Gasteiger partial charge in [-0.15, -0.1) is 0 Å². The van der Waals surface area contributed by atoms with E-state index in [0.717, 1.165) is 38.2 Å². The van der Waals surface area contributed by atoms with E-state index in [1.54, 1.807) is 6.20 Å². The van der Waals surface area contributed by atoms with E-state index in [1.807, 2.05) is 6.07 Å². The zero-order valence-corrected chi connectivity index (χ0v) is 12.5. The Morgan fingerprint density at radius 1 is 1.29 bits per heavy atom. The summed E-state index contributed by atoms with van der Waals surface area (Å²) in [5.74, 6) is 0.953. The lowest BCUT2D eigenvalue weighted by Crippen LogP contribution is -2.56. The second-order valence-corrected chi connectivity index (χ2v) is 5.77. The van der Waals surface area contributed by atoms with Crippen molar-refractivity contribution >= 4 is 0 Å². The average molecular weight is 285 g/mol. The molecule has 2 aromatic rings. The first kappa shape index (κ1) is 14.3. The van der Waals surface area contributed by atoms with E-state index in [2.05, 4.69) is 52.6 Å². The number of aromatic nitrogens is 1. The lowest BCUT2D eigenvalue weighted by atomic mass is 10.0. The predicted molar refractivity (Wildman–Crippen MR) is 82.9 cm³/mol. The summed E-state index contributed by atoms with van der Waals surface area (Å²) < 4.78 is 5.27. The summed E-state index contributed by atoms with van der Waals surface area (Å²) in [6, 6.07) is 13.7. The van der Waals surface area contributed by atoms with Crippen molar-refractivity contribution < 1.29 is 4.52 Å². The van der Waals surface area contributed by atoms with Crippen molar-refractivity contribution in [3.05, 3.63) is 53.9 Å². The van der Waals surface area contributed by atoms with Crippen molar-refractivity contribution in [3.8, 4) is 0 Å². The molecule has 112 valence electrons. The maximum atomic E-state index is 5.27. The summed E-state index contributed by atoms with van der Waals surface area (Å²) in [6.07, 6.45) is 3.95. The first-order valence-corrected chi connectivity index (χ1v) is 7.76. The topological polar surface area (TPSA) is 41.3 Å². The number of rotatable bonds is 5. The SMILES string of the molecule is CCC1CNC(Cc2ccccc2)CN1Cc1ccno1. The highest BCUT2D eigenvalue weighted by Gasteiger charge is 2.27. The van der Waals surface area contributed by atoms with Crippen LogP contribution in [0.4, 0.5) is 0 Å². The number of benzene rings is 1. The van der Waals surface area contributed by atoms with Gasteiger partial charge in [0.05, 0.1) is 12.7 Å². The van der Waals surface area contributed by atoms with Crippen molar-refractivity contribution in [2.45, 2.75) is 38.4 Å². The first-order chi connectivity index (χ1) is 10.3. The molecule has 1 aliphatic rings. The fourth-order valence-corrected chi connectivity index (χ4v) is 3.08. The molecule has 1 saturated heterocycles. The molecular formula is C17H23N3O. The number of nitrogens with one attached hydrogen (secondary N) is 1. The molecule has 0 aliphatic carbocycles. The highest BCUT2D eigenvalue weighted by Crippen LogP contribution is 2.16. The molecule has 4 heteroatoms. The molecule has 0 saturated carbocycles. The van der Waals surface area contributed by atoms with Gasteiger partial charge in [0.1, 0.15) is 0 Å². The van der Waals surface area contributed by atoms with Crippen LogP contribution in [0.2, 0.25) is 0 Å². The van der Waals surface area contributed by atoms with Gasteiger partial charge in [-0.05, 0) is 18.4 Å². The second kappa shape index (κ2) is 6.87. The van der Waals surface area contributed by atoms with E-state index in [-0.39, 0.29) is 0 Å². The van der Waals surface area contributed by atoms with Gasteiger partial charge in [-0.3, -0.25) is 4.90 Å². The molecule has 1 fully saturated rings. The summed E-state index contributed by atoms with van der Waals surface area (Å²) in [7, 11) is 0. The van der Waals surface area contributed by atoms with Crippen molar-refractivity contribution in [1.82, 2.24) is 15.4 Å². The Labute approximate surface area is 126 Å². The molecule has 1 aromatic carbocycles.